The van der Waals surface area contributed by atoms with E-state index in [1.807, 2.05) is 69.6 Å². The molecular formula is C19H21N5O. The first-order valence-electron chi connectivity index (χ1n) is 8.07. The van der Waals surface area contributed by atoms with Gasteiger partial charge in [0.15, 0.2) is 0 Å². The van der Waals surface area contributed by atoms with E-state index >= 15 is 0 Å². The van der Waals surface area contributed by atoms with Crippen molar-refractivity contribution in [3.63, 3.8) is 0 Å². The van der Waals surface area contributed by atoms with Gasteiger partial charge in [-0.1, -0.05) is 30.3 Å². The Morgan fingerprint density at radius 3 is 2.36 bits per heavy atom. The first-order valence-corrected chi connectivity index (χ1v) is 8.07. The molecule has 2 amide bonds. The monoisotopic (exact) mass is 335 g/mol. The molecule has 1 unspecified atom stereocenters. The van der Waals surface area contributed by atoms with E-state index in [1.165, 1.54) is 0 Å². The van der Waals surface area contributed by atoms with Crippen molar-refractivity contribution in [1.82, 2.24) is 20.1 Å². The molecule has 6 nitrogen and oxygen atoms in total. The van der Waals surface area contributed by atoms with Crippen molar-refractivity contribution in [3.8, 4) is 0 Å². The smallest absolute Gasteiger partial charge is 0.319 e. The summed E-state index contributed by atoms with van der Waals surface area (Å²) in [7, 11) is 1.86. The van der Waals surface area contributed by atoms with Crippen LogP contribution >= 0.6 is 0 Å². The molecule has 0 aliphatic carbocycles. The Morgan fingerprint density at radius 2 is 1.76 bits per heavy atom. The third-order valence-electron chi connectivity index (χ3n) is 3.81. The number of carbonyl (C=O) groups excluding carboxylic acids is 1. The summed E-state index contributed by atoms with van der Waals surface area (Å²) in [6.07, 6.45) is 3.66. The number of hydrogen-bond acceptors (Lipinski definition) is 3. The van der Waals surface area contributed by atoms with E-state index in [9.17, 15) is 4.79 Å². The zero-order valence-electron chi connectivity index (χ0n) is 14.5. The van der Waals surface area contributed by atoms with Crippen molar-refractivity contribution in [1.29, 1.82) is 0 Å². The van der Waals surface area contributed by atoms with Crippen LogP contribution in [0.1, 0.15) is 28.6 Å². The fourth-order valence-corrected chi connectivity index (χ4v) is 2.80. The van der Waals surface area contributed by atoms with E-state index in [4.69, 9.17) is 0 Å². The predicted octanol–water partition coefficient (Wildman–Crippen LogP) is 3.34. The van der Waals surface area contributed by atoms with Gasteiger partial charge in [-0.3, -0.25) is 9.67 Å². The van der Waals surface area contributed by atoms with E-state index in [0.717, 1.165) is 28.2 Å². The van der Waals surface area contributed by atoms with Gasteiger partial charge in [0, 0.05) is 35.9 Å². The summed E-state index contributed by atoms with van der Waals surface area (Å²) in [5, 5.41) is 10.1. The van der Waals surface area contributed by atoms with Gasteiger partial charge in [-0.15, -0.1) is 0 Å². The van der Waals surface area contributed by atoms with Crippen LogP contribution in [0.25, 0.3) is 0 Å². The molecule has 0 radical (unpaired) electrons. The molecule has 0 saturated heterocycles. The topological polar surface area (TPSA) is 71.8 Å². The second kappa shape index (κ2) is 7.17. The van der Waals surface area contributed by atoms with Crippen molar-refractivity contribution in [2.75, 3.05) is 5.32 Å². The largest absolute Gasteiger partial charge is 0.327 e. The molecule has 128 valence electrons. The molecule has 0 aliphatic heterocycles. The number of amides is 2. The minimum atomic E-state index is -0.279. The number of nitrogens with zero attached hydrogens (tertiary/aromatic N) is 3. The predicted molar refractivity (Wildman–Crippen MR) is 97.4 cm³/mol. The lowest BCUT2D eigenvalue weighted by atomic mass is 10.0. The van der Waals surface area contributed by atoms with Crippen LogP contribution in [0, 0.1) is 13.8 Å². The molecule has 2 heterocycles. The first-order chi connectivity index (χ1) is 12.0. The number of hydrogen-bond donors (Lipinski definition) is 2. The highest BCUT2D eigenvalue weighted by atomic mass is 16.2. The highest BCUT2D eigenvalue weighted by Crippen LogP contribution is 2.21. The molecule has 0 bridgehead atoms. The summed E-state index contributed by atoms with van der Waals surface area (Å²) >= 11 is 0. The van der Waals surface area contributed by atoms with Gasteiger partial charge in [0.1, 0.15) is 0 Å². The van der Waals surface area contributed by atoms with Gasteiger partial charge in [-0.25, -0.2) is 4.79 Å². The van der Waals surface area contributed by atoms with Gasteiger partial charge >= 0.3 is 6.03 Å². The van der Waals surface area contributed by atoms with Gasteiger partial charge < -0.3 is 10.6 Å². The number of urea groups is 1. The Hall–Kier alpha value is -3.15. The van der Waals surface area contributed by atoms with Crippen LogP contribution in [0.15, 0.2) is 54.9 Å². The molecule has 2 N–H and O–H groups in total. The molecule has 3 aromatic rings. The summed E-state index contributed by atoms with van der Waals surface area (Å²) in [4.78, 5) is 16.8. The lowest BCUT2D eigenvalue weighted by Crippen LogP contribution is -2.33. The molecule has 25 heavy (non-hydrogen) atoms. The summed E-state index contributed by atoms with van der Waals surface area (Å²) in [5.41, 5.74) is 4.36. The van der Waals surface area contributed by atoms with Crippen molar-refractivity contribution >= 4 is 11.7 Å². The average molecular weight is 335 g/mol. The molecule has 6 heteroatoms. The number of rotatable bonds is 4. The Morgan fingerprint density at radius 1 is 1.08 bits per heavy atom. The number of aryl methyl sites for hydroxylation is 3. The SMILES string of the molecule is Cc1cc(NC(=O)NC(c2ccccc2)c2cnn(C)c2)cc(C)n1. The number of anilines is 1. The van der Waals surface area contributed by atoms with Crippen molar-refractivity contribution in [2.45, 2.75) is 19.9 Å². The summed E-state index contributed by atoms with van der Waals surface area (Å²) in [6, 6.07) is 13.0. The van der Waals surface area contributed by atoms with Crippen LogP contribution in [0.2, 0.25) is 0 Å². The number of benzene rings is 1. The first kappa shape index (κ1) is 16.7. The maximum atomic E-state index is 12.5. The van der Waals surface area contributed by atoms with Crippen LogP contribution in [0.4, 0.5) is 10.5 Å². The van der Waals surface area contributed by atoms with Crippen molar-refractivity contribution < 1.29 is 4.79 Å². The zero-order valence-corrected chi connectivity index (χ0v) is 14.5. The average Bonchev–Trinajstić information content (AvgIpc) is 2.98. The molecule has 0 fully saturated rings. The van der Waals surface area contributed by atoms with Crippen LogP contribution in [0.5, 0.6) is 0 Å². The molecule has 1 aromatic carbocycles. The zero-order chi connectivity index (χ0) is 17.8. The second-order valence-electron chi connectivity index (χ2n) is 6.03. The molecule has 0 saturated carbocycles. The molecule has 2 aromatic heterocycles. The maximum absolute atomic E-state index is 12.5. The second-order valence-corrected chi connectivity index (χ2v) is 6.03. The summed E-state index contributed by atoms with van der Waals surface area (Å²) < 4.78 is 1.72. The lowest BCUT2D eigenvalue weighted by Gasteiger charge is -2.18. The lowest BCUT2D eigenvalue weighted by molar-refractivity contribution is 0.250. The van der Waals surface area contributed by atoms with Gasteiger partial charge in [-0.2, -0.15) is 5.10 Å². The fraction of sp³-hybridized carbons (Fsp3) is 0.211. The third-order valence-corrected chi connectivity index (χ3v) is 3.81. The van der Waals surface area contributed by atoms with Crippen molar-refractivity contribution in [2.24, 2.45) is 7.05 Å². The van der Waals surface area contributed by atoms with Gasteiger partial charge in [0.2, 0.25) is 0 Å². The van der Waals surface area contributed by atoms with E-state index in [1.54, 1.807) is 10.9 Å². The minimum Gasteiger partial charge on any atom is -0.327 e. The number of aromatic nitrogens is 3. The van der Waals surface area contributed by atoms with Gasteiger partial charge in [-0.05, 0) is 31.5 Å². The fourth-order valence-electron chi connectivity index (χ4n) is 2.80. The van der Waals surface area contributed by atoms with Crippen LogP contribution in [0.3, 0.4) is 0 Å². The molecule has 0 spiro atoms. The van der Waals surface area contributed by atoms with Crippen molar-refractivity contribution in [3.05, 3.63) is 77.4 Å². The maximum Gasteiger partial charge on any atom is 0.319 e. The highest BCUT2D eigenvalue weighted by molar-refractivity contribution is 5.89. The van der Waals surface area contributed by atoms with Crippen LogP contribution in [-0.2, 0) is 7.05 Å². The highest BCUT2D eigenvalue weighted by Gasteiger charge is 2.18. The van der Waals surface area contributed by atoms with E-state index < -0.39 is 0 Å². The summed E-state index contributed by atoms with van der Waals surface area (Å²) in [5.74, 6) is 0. The van der Waals surface area contributed by atoms with E-state index in [0.29, 0.717) is 0 Å². The normalized spacial score (nSPS) is 11.8. The Labute approximate surface area is 146 Å². The van der Waals surface area contributed by atoms with Gasteiger partial charge in [0.25, 0.3) is 0 Å². The molecule has 3 rings (SSSR count). The number of carbonyl (C=O) groups is 1. The minimum absolute atomic E-state index is 0.275. The molecular weight excluding hydrogens is 314 g/mol. The Bertz CT molecular complexity index is 852. The molecule has 1 atom stereocenters. The van der Waals surface area contributed by atoms with E-state index in [-0.39, 0.29) is 12.1 Å². The number of nitrogens with one attached hydrogen (secondary N) is 2. The van der Waals surface area contributed by atoms with Gasteiger partial charge in [0.05, 0.1) is 12.2 Å². The van der Waals surface area contributed by atoms with E-state index in [2.05, 4.69) is 20.7 Å². The number of pyridine rings is 1. The van der Waals surface area contributed by atoms with Crippen LogP contribution < -0.4 is 10.6 Å². The standard InChI is InChI=1S/C19H21N5O/c1-13-9-17(10-14(2)21-13)22-19(25)23-18(15-7-5-4-6-8-15)16-11-20-24(3)12-16/h4-12,18H,1-3H3,(H2,21,22,23,25). The third kappa shape index (κ3) is 4.23. The quantitative estimate of drug-likeness (QED) is 0.768. The Balaban J connectivity index is 1.81. The summed E-state index contributed by atoms with van der Waals surface area (Å²) in [6.45, 7) is 3.80. The molecule has 0 aliphatic rings. The Kier molecular flexibility index (Phi) is 4.79. The van der Waals surface area contributed by atoms with Crippen LogP contribution in [-0.4, -0.2) is 20.8 Å².